The second-order valence-electron chi connectivity index (χ2n) is 7.56. The number of halogens is 3. The van der Waals surface area contributed by atoms with Gasteiger partial charge in [0.05, 0.1) is 5.69 Å². The molecule has 2 aromatic rings. The molecule has 4 rings (SSSR count). The van der Waals surface area contributed by atoms with Crippen molar-refractivity contribution in [3.63, 3.8) is 0 Å². The molecule has 4 nitrogen and oxygen atoms in total. The smallest absolute Gasteiger partial charge is 0.262 e. The van der Waals surface area contributed by atoms with Crippen LogP contribution in [-0.2, 0) is 16.1 Å². The molecular weight excluding hydrogens is 390 g/mol. The number of aromatic nitrogens is 1. The summed E-state index contributed by atoms with van der Waals surface area (Å²) in [6.45, 7) is 1.59. The maximum atomic E-state index is 15.7. The summed E-state index contributed by atoms with van der Waals surface area (Å²) in [5.41, 5.74) is -2.19. The van der Waals surface area contributed by atoms with Crippen molar-refractivity contribution < 1.29 is 14.3 Å². The van der Waals surface area contributed by atoms with Gasteiger partial charge in [0.1, 0.15) is 5.60 Å². The van der Waals surface area contributed by atoms with Gasteiger partial charge in [-0.2, -0.15) is 0 Å². The molecule has 7 heteroatoms. The summed E-state index contributed by atoms with van der Waals surface area (Å²) in [5, 5.41) is 14.4. The molecule has 0 spiro atoms. The number of carbonyl (C=O) groups excluding carboxylic acids is 1. The van der Waals surface area contributed by atoms with Crippen molar-refractivity contribution >= 4 is 29.1 Å². The standard InChI is InChI=1S/C20H19Cl2FN2O2/c1-19(27)6-7-20(23,14-3-2-8-24-17(14)19)18(26)25-16-10-13(16)12-5-4-11(21)9-15(12)22/h2-5,8-9,13,16,27H,6-7,10H2,1H3,(H,25,26)/t13?,16?,19-,20-/m0/s1. The molecule has 1 aromatic carbocycles. The maximum absolute atomic E-state index is 15.7. The Hall–Kier alpha value is -1.69. The molecule has 1 saturated carbocycles. The fourth-order valence-electron chi connectivity index (χ4n) is 3.84. The van der Waals surface area contributed by atoms with Gasteiger partial charge in [0.25, 0.3) is 5.91 Å². The highest BCUT2D eigenvalue weighted by atomic mass is 35.5. The molecule has 0 radical (unpaired) electrons. The predicted molar refractivity (Wildman–Crippen MR) is 102 cm³/mol. The molecule has 1 fully saturated rings. The predicted octanol–water partition coefficient (Wildman–Crippen LogP) is 4.23. The highest BCUT2D eigenvalue weighted by Crippen LogP contribution is 2.48. The number of benzene rings is 1. The number of nitrogens with one attached hydrogen (secondary N) is 1. The molecule has 2 N–H and O–H groups in total. The zero-order valence-electron chi connectivity index (χ0n) is 14.7. The Bertz CT molecular complexity index is 921. The zero-order chi connectivity index (χ0) is 19.4. The number of aliphatic hydroxyl groups is 1. The van der Waals surface area contributed by atoms with E-state index in [0.29, 0.717) is 16.5 Å². The lowest BCUT2D eigenvalue weighted by molar-refractivity contribution is -0.136. The largest absolute Gasteiger partial charge is 0.384 e. The van der Waals surface area contributed by atoms with Gasteiger partial charge in [-0.15, -0.1) is 0 Å². The van der Waals surface area contributed by atoms with Gasteiger partial charge in [-0.25, -0.2) is 4.39 Å². The maximum Gasteiger partial charge on any atom is 0.262 e. The van der Waals surface area contributed by atoms with Gasteiger partial charge in [-0.1, -0.05) is 35.3 Å². The molecule has 2 aliphatic rings. The van der Waals surface area contributed by atoms with Crippen LogP contribution in [0.5, 0.6) is 0 Å². The third-order valence-corrected chi connectivity index (χ3v) is 6.09. The van der Waals surface area contributed by atoms with Gasteiger partial charge in [0, 0.05) is 33.8 Å². The first-order valence-corrected chi connectivity index (χ1v) is 9.61. The first kappa shape index (κ1) is 18.7. The monoisotopic (exact) mass is 408 g/mol. The van der Waals surface area contributed by atoms with E-state index >= 15 is 4.39 Å². The number of amides is 1. The van der Waals surface area contributed by atoms with E-state index in [9.17, 15) is 9.90 Å². The van der Waals surface area contributed by atoms with Crippen molar-refractivity contribution in [2.45, 2.75) is 49.4 Å². The van der Waals surface area contributed by atoms with Crippen LogP contribution in [0, 0.1) is 0 Å². The molecule has 2 aliphatic carbocycles. The summed E-state index contributed by atoms with van der Waals surface area (Å²) in [6.07, 6.45) is 2.22. The van der Waals surface area contributed by atoms with Crippen LogP contribution in [0.2, 0.25) is 10.0 Å². The average Bonchev–Trinajstić information content (AvgIpc) is 3.37. The number of rotatable bonds is 3. The molecule has 1 heterocycles. The van der Waals surface area contributed by atoms with E-state index in [1.165, 1.54) is 12.3 Å². The lowest BCUT2D eigenvalue weighted by Gasteiger charge is -2.37. The Kier molecular flexibility index (Phi) is 4.45. The summed E-state index contributed by atoms with van der Waals surface area (Å²) in [5.74, 6) is -0.646. The topological polar surface area (TPSA) is 62.2 Å². The van der Waals surface area contributed by atoms with Crippen LogP contribution in [0.25, 0.3) is 0 Å². The molecule has 2 unspecified atom stereocenters. The molecule has 0 bridgehead atoms. The van der Waals surface area contributed by atoms with Crippen LogP contribution in [0.15, 0.2) is 36.5 Å². The second kappa shape index (κ2) is 6.43. The highest BCUT2D eigenvalue weighted by molar-refractivity contribution is 6.35. The van der Waals surface area contributed by atoms with Crippen molar-refractivity contribution in [2.24, 2.45) is 0 Å². The first-order valence-electron chi connectivity index (χ1n) is 8.85. The van der Waals surface area contributed by atoms with Crippen molar-refractivity contribution in [3.8, 4) is 0 Å². The average molecular weight is 409 g/mol. The summed E-state index contributed by atoms with van der Waals surface area (Å²) in [4.78, 5) is 16.9. The van der Waals surface area contributed by atoms with Crippen LogP contribution in [0.4, 0.5) is 4.39 Å². The molecule has 0 saturated heterocycles. The van der Waals surface area contributed by atoms with Gasteiger partial charge in [0.2, 0.25) is 5.67 Å². The molecule has 0 aliphatic heterocycles. The van der Waals surface area contributed by atoms with Gasteiger partial charge >= 0.3 is 0 Å². The summed E-state index contributed by atoms with van der Waals surface area (Å²) in [7, 11) is 0. The number of hydrogen-bond donors (Lipinski definition) is 2. The van der Waals surface area contributed by atoms with E-state index in [-0.39, 0.29) is 36.1 Å². The Labute approximate surface area is 166 Å². The van der Waals surface area contributed by atoms with E-state index in [2.05, 4.69) is 10.3 Å². The Morgan fingerprint density at radius 3 is 2.85 bits per heavy atom. The van der Waals surface area contributed by atoms with E-state index < -0.39 is 17.2 Å². The minimum Gasteiger partial charge on any atom is -0.384 e. The van der Waals surface area contributed by atoms with Crippen molar-refractivity contribution in [1.29, 1.82) is 0 Å². The SMILES string of the molecule is C[C@]1(O)CC[C@@](F)(C(=O)NC2CC2c2ccc(Cl)cc2Cl)c2cccnc21. The number of carbonyl (C=O) groups is 1. The first-order chi connectivity index (χ1) is 12.7. The van der Waals surface area contributed by atoms with Gasteiger partial charge < -0.3 is 10.4 Å². The quantitative estimate of drug-likeness (QED) is 0.798. The highest BCUT2D eigenvalue weighted by Gasteiger charge is 2.52. The number of alkyl halides is 1. The normalized spacial score (nSPS) is 31.9. The Balaban J connectivity index is 1.54. The van der Waals surface area contributed by atoms with Crippen LogP contribution in [-0.4, -0.2) is 22.0 Å². The second-order valence-corrected chi connectivity index (χ2v) is 8.41. The van der Waals surface area contributed by atoms with Gasteiger partial charge in [0.15, 0.2) is 0 Å². The minimum absolute atomic E-state index is 0.0439. The fraction of sp³-hybridized carbons (Fsp3) is 0.400. The van der Waals surface area contributed by atoms with Crippen molar-refractivity contribution in [3.05, 3.63) is 63.4 Å². The lowest BCUT2D eigenvalue weighted by atomic mass is 9.75. The minimum atomic E-state index is -2.21. The third kappa shape index (κ3) is 3.22. The molecule has 1 aromatic heterocycles. The van der Waals surface area contributed by atoms with Crippen LogP contribution < -0.4 is 5.32 Å². The van der Waals surface area contributed by atoms with E-state index in [1.54, 1.807) is 25.1 Å². The number of pyridine rings is 1. The van der Waals surface area contributed by atoms with Gasteiger partial charge in [-0.3, -0.25) is 9.78 Å². The van der Waals surface area contributed by atoms with Crippen molar-refractivity contribution in [1.82, 2.24) is 10.3 Å². The van der Waals surface area contributed by atoms with Gasteiger partial charge in [-0.05, 0) is 49.9 Å². The summed E-state index contributed by atoms with van der Waals surface area (Å²) >= 11 is 12.2. The molecule has 4 atom stereocenters. The number of fused-ring (bicyclic) bond motifs is 1. The van der Waals surface area contributed by atoms with Crippen molar-refractivity contribution in [2.75, 3.05) is 0 Å². The third-order valence-electron chi connectivity index (χ3n) is 5.53. The number of nitrogens with zero attached hydrogens (tertiary/aromatic N) is 1. The number of hydrogen-bond acceptors (Lipinski definition) is 3. The van der Waals surface area contributed by atoms with Crippen LogP contribution in [0.1, 0.15) is 48.9 Å². The molecule has 27 heavy (non-hydrogen) atoms. The Morgan fingerprint density at radius 1 is 1.33 bits per heavy atom. The molecule has 142 valence electrons. The fourth-order valence-corrected chi connectivity index (χ4v) is 4.39. The van der Waals surface area contributed by atoms with E-state index in [0.717, 1.165) is 5.56 Å². The Morgan fingerprint density at radius 2 is 2.11 bits per heavy atom. The lowest BCUT2D eigenvalue weighted by Crippen LogP contribution is -2.48. The van der Waals surface area contributed by atoms with Crippen LogP contribution >= 0.6 is 23.2 Å². The van der Waals surface area contributed by atoms with E-state index in [4.69, 9.17) is 23.2 Å². The molecule has 1 amide bonds. The summed E-state index contributed by atoms with van der Waals surface area (Å²) in [6, 6.07) is 8.18. The zero-order valence-corrected chi connectivity index (χ0v) is 16.2. The van der Waals surface area contributed by atoms with E-state index in [1.807, 2.05) is 6.07 Å². The molecular formula is C20H19Cl2FN2O2. The summed E-state index contributed by atoms with van der Waals surface area (Å²) < 4.78 is 15.7. The van der Waals surface area contributed by atoms with Crippen LogP contribution in [0.3, 0.4) is 0 Å².